The highest BCUT2D eigenvalue weighted by Gasteiger charge is 2.19. The second-order valence-corrected chi connectivity index (χ2v) is 7.88. The number of piperazine rings is 1. The van der Waals surface area contributed by atoms with Crippen molar-refractivity contribution in [3.63, 3.8) is 0 Å². The zero-order chi connectivity index (χ0) is 17.1. The zero-order valence-corrected chi connectivity index (χ0v) is 16.2. The van der Waals surface area contributed by atoms with Gasteiger partial charge in [-0.25, -0.2) is 9.97 Å². The summed E-state index contributed by atoms with van der Waals surface area (Å²) >= 11 is 5.17. The molecule has 0 spiro atoms. The fourth-order valence-corrected chi connectivity index (χ4v) is 4.06. The van der Waals surface area contributed by atoms with Crippen LogP contribution < -0.4 is 4.90 Å². The largest absolute Gasteiger partial charge is 0.354 e. The molecule has 4 rings (SSSR count). The van der Waals surface area contributed by atoms with Gasteiger partial charge in [0.05, 0.1) is 5.69 Å². The number of hydrogen-bond donors (Lipinski definition) is 0. The van der Waals surface area contributed by atoms with E-state index in [4.69, 9.17) is 4.98 Å². The Balaban J connectivity index is 1.34. The molecule has 0 saturated carbocycles. The molecular weight excluding hydrogens is 396 g/mol. The van der Waals surface area contributed by atoms with E-state index in [-0.39, 0.29) is 0 Å². The van der Waals surface area contributed by atoms with Crippen LogP contribution in [-0.4, -0.2) is 41.0 Å². The molecule has 1 aliphatic heterocycles. The monoisotopic (exact) mass is 414 g/mol. The van der Waals surface area contributed by atoms with Gasteiger partial charge in [-0.3, -0.25) is 4.90 Å². The summed E-state index contributed by atoms with van der Waals surface area (Å²) < 4.78 is 1.02. The van der Waals surface area contributed by atoms with Crippen LogP contribution >= 0.6 is 27.3 Å². The number of pyridine rings is 1. The van der Waals surface area contributed by atoms with Crippen molar-refractivity contribution in [1.29, 1.82) is 0 Å². The summed E-state index contributed by atoms with van der Waals surface area (Å²) in [5.41, 5.74) is 2.36. The topological polar surface area (TPSA) is 32.3 Å². The highest BCUT2D eigenvalue weighted by molar-refractivity contribution is 9.10. The fourth-order valence-electron chi connectivity index (χ4n) is 3.01. The van der Waals surface area contributed by atoms with Gasteiger partial charge in [0.1, 0.15) is 10.8 Å². The lowest BCUT2D eigenvalue weighted by Gasteiger charge is -2.35. The Morgan fingerprint density at radius 3 is 2.52 bits per heavy atom. The van der Waals surface area contributed by atoms with E-state index in [9.17, 15) is 0 Å². The van der Waals surface area contributed by atoms with Crippen LogP contribution in [0.25, 0.3) is 10.6 Å². The Kier molecular flexibility index (Phi) is 5.10. The summed E-state index contributed by atoms with van der Waals surface area (Å²) in [4.78, 5) is 14.1. The van der Waals surface area contributed by atoms with Crippen LogP contribution in [0, 0.1) is 0 Å². The van der Waals surface area contributed by atoms with E-state index in [1.165, 1.54) is 11.3 Å². The molecule has 0 unspecified atom stereocenters. The Hall–Kier alpha value is -1.76. The molecule has 0 radical (unpaired) electrons. The van der Waals surface area contributed by atoms with Crippen molar-refractivity contribution < 1.29 is 0 Å². The lowest BCUT2D eigenvalue weighted by Crippen LogP contribution is -2.46. The number of hydrogen-bond acceptors (Lipinski definition) is 5. The Morgan fingerprint density at radius 2 is 1.80 bits per heavy atom. The summed E-state index contributed by atoms with van der Waals surface area (Å²) in [5, 5.41) is 3.29. The van der Waals surface area contributed by atoms with Gasteiger partial charge in [-0.05, 0) is 28.1 Å². The SMILES string of the molecule is Brc1ccc(N2CCN(Cc3csc(-c4ccccc4)n3)CC2)nc1. The average molecular weight is 415 g/mol. The van der Waals surface area contributed by atoms with Crippen LogP contribution in [0.3, 0.4) is 0 Å². The van der Waals surface area contributed by atoms with Crippen molar-refractivity contribution >= 4 is 33.1 Å². The molecule has 25 heavy (non-hydrogen) atoms. The standard InChI is InChI=1S/C19H19BrN4S/c20-16-6-7-18(21-12-16)24-10-8-23(9-11-24)13-17-14-25-19(22-17)15-4-2-1-3-5-15/h1-7,12,14H,8-11,13H2. The summed E-state index contributed by atoms with van der Waals surface area (Å²) in [7, 11) is 0. The maximum absolute atomic E-state index is 4.81. The van der Waals surface area contributed by atoms with Gasteiger partial charge < -0.3 is 4.90 Å². The molecule has 0 amide bonds. The summed E-state index contributed by atoms with van der Waals surface area (Å²) in [6.07, 6.45) is 1.86. The number of nitrogens with zero attached hydrogens (tertiary/aromatic N) is 4. The van der Waals surface area contributed by atoms with Crippen molar-refractivity contribution in [3.8, 4) is 10.6 Å². The first-order valence-corrected chi connectivity index (χ1v) is 10.0. The van der Waals surface area contributed by atoms with Crippen LogP contribution in [0.2, 0.25) is 0 Å². The molecule has 1 aliphatic rings. The minimum absolute atomic E-state index is 0.922. The average Bonchev–Trinajstić information content (AvgIpc) is 3.12. The fraction of sp³-hybridized carbons (Fsp3) is 0.263. The van der Waals surface area contributed by atoms with Gasteiger partial charge in [0.25, 0.3) is 0 Å². The lowest BCUT2D eigenvalue weighted by atomic mass is 10.2. The molecular formula is C19H19BrN4S. The first-order chi connectivity index (χ1) is 12.3. The highest BCUT2D eigenvalue weighted by atomic mass is 79.9. The third-order valence-electron chi connectivity index (χ3n) is 4.37. The van der Waals surface area contributed by atoms with Crippen LogP contribution in [0.1, 0.15) is 5.69 Å². The molecule has 0 N–H and O–H groups in total. The Morgan fingerprint density at radius 1 is 1.00 bits per heavy atom. The molecule has 2 aromatic heterocycles. The van der Waals surface area contributed by atoms with Gasteiger partial charge in [-0.15, -0.1) is 11.3 Å². The van der Waals surface area contributed by atoms with E-state index in [0.29, 0.717) is 0 Å². The molecule has 1 fully saturated rings. The van der Waals surface area contributed by atoms with Crippen LogP contribution in [0.5, 0.6) is 0 Å². The van der Waals surface area contributed by atoms with Crippen LogP contribution in [0.15, 0.2) is 58.5 Å². The molecule has 3 heterocycles. The van der Waals surface area contributed by atoms with Crippen molar-refractivity contribution in [2.45, 2.75) is 6.54 Å². The predicted octanol–water partition coefficient (Wildman–Crippen LogP) is 4.29. The van der Waals surface area contributed by atoms with E-state index in [0.717, 1.165) is 48.0 Å². The highest BCUT2D eigenvalue weighted by Crippen LogP contribution is 2.24. The van der Waals surface area contributed by atoms with Crippen LogP contribution in [-0.2, 0) is 6.54 Å². The quantitative estimate of drug-likeness (QED) is 0.637. The normalized spacial score (nSPS) is 15.5. The summed E-state index contributed by atoms with van der Waals surface area (Å²) in [6.45, 7) is 5.01. The third kappa shape index (κ3) is 4.08. The van der Waals surface area contributed by atoms with Crippen molar-refractivity contribution in [1.82, 2.24) is 14.9 Å². The van der Waals surface area contributed by atoms with Gasteiger partial charge >= 0.3 is 0 Å². The van der Waals surface area contributed by atoms with Gasteiger partial charge in [-0.1, -0.05) is 30.3 Å². The number of halogens is 1. The van der Waals surface area contributed by atoms with Crippen molar-refractivity contribution in [2.24, 2.45) is 0 Å². The molecule has 0 bridgehead atoms. The minimum Gasteiger partial charge on any atom is -0.354 e. The van der Waals surface area contributed by atoms with E-state index in [1.54, 1.807) is 11.3 Å². The number of rotatable bonds is 4. The first kappa shape index (κ1) is 16.7. The van der Waals surface area contributed by atoms with Crippen LogP contribution in [0.4, 0.5) is 5.82 Å². The smallest absolute Gasteiger partial charge is 0.128 e. The molecule has 0 aliphatic carbocycles. The molecule has 128 valence electrons. The number of benzene rings is 1. The van der Waals surface area contributed by atoms with E-state index in [2.05, 4.69) is 72.5 Å². The molecule has 4 nitrogen and oxygen atoms in total. The first-order valence-electron chi connectivity index (χ1n) is 8.36. The Bertz CT molecular complexity index is 811. The van der Waals surface area contributed by atoms with Crippen molar-refractivity contribution in [2.75, 3.05) is 31.1 Å². The van der Waals surface area contributed by atoms with Gasteiger partial charge in [0, 0.05) is 54.3 Å². The van der Waals surface area contributed by atoms with E-state index < -0.39 is 0 Å². The molecule has 1 aromatic carbocycles. The van der Waals surface area contributed by atoms with Gasteiger partial charge in [0.2, 0.25) is 0 Å². The van der Waals surface area contributed by atoms with Gasteiger partial charge in [-0.2, -0.15) is 0 Å². The maximum atomic E-state index is 4.81. The molecule has 0 atom stereocenters. The van der Waals surface area contributed by atoms with E-state index >= 15 is 0 Å². The number of anilines is 1. The number of aromatic nitrogens is 2. The predicted molar refractivity (Wildman–Crippen MR) is 107 cm³/mol. The molecule has 1 saturated heterocycles. The summed E-state index contributed by atoms with van der Waals surface area (Å²) in [5.74, 6) is 1.06. The Labute approximate surface area is 160 Å². The summed E-state index contributed by atoms with van der Waals surface area (Å²) in [6, 6.07) is 14.5. The second kappa shape index (κ2) is 7.64. The number of thiazole rings is 1. The lowest BCUT2D eigenvalue weighted by molar-refractivity contribution is 0.247. The van der Waals surface area contributed by atoms with Crippen molar-refractivity contribution in [3.05, 3.63) is 64.2 Å². The molecule has 3 aromatic rings. The van der Waals surface area contributed by atoms with Gasteiger partial charge in [0.15, 0.2) is 0 Å². The second-order valence-electron chi connectivity index (χ2n) is 6.11. The van der Waals surface area contributed by atoms with E-state index in [1.807, 2.05) is 12.3 Å². The molecule has 6 heteroatoms. The zero-order valence-electron chi connectivity index (χ0n) is 13.8. The third-order valence-corrected chi connectivity index (χ3v) is 5.78. The minimum atomic E-state index is 0.922. The maximum Gasteiger partial charge on any atom is 0.128 e.